The molecule has 2 aromatic carbocycles. The van der Waals surface area contributed by atoms with E-state index in [0.29, 0.717) is 17.7 Å². The molecule has 0 unspecified atom stereocenters. The van der Waals surface area contributed by atoms with Crippen LogP contribution in [0.3, 0.4) is 0 Å². The first kappa shape index (κ1) is 16.4. The van der Waals surface area contributed by atoms with Crippen molar-refractivity contribution in [3.8, 4) is 11.5 Å². The van der Waals surface area contributed by atoms with E-state index >= 15 is 0 Å². The highest BCUT2D eigenvalue weighted by Gasteiger charge is 2.38. The Hall–Kier alpha value is -2.04. The van der Waals surface area contributed by atoms with Crippen LogP contribution < -0.4 is 10.5 Å². The predicted molar refractivity (Wildman–Crippen MR) is 99.2 cm³/mol. The molecule has 1 saturated heterocycles. The van der Waals surface area contributed by atoms with Gasteiger partial charge in [0.05, 0.1) is 7.11 Å². The molecule has 2 aliphatic rings. The molecular formula is C21H26N2O2. The van der Waals surface area contributed by atoms with Gasteiger partial charge in [0, 0.05) is 31.1 Å². The Morgan fingerprint density at radius 2 is 2.08 bits per heavy atom. The summed E-state index contributed by atoms with van der Waals surface area (Å²) in [6.07, 6.45) is 1.89. The van der Waals surface area contributed by atoms with Crippen molar-refractivity contribution in [1.29, 1.82) is 0 Å². The summed E-state index contributed by atoms with van der Waals surface area (Å²) < 4.78 is 5.32. The van der Waals surface area contributed by atoms with Crippen LogP contribution in [0.2, 0.25) is 0 Å². The van der Waals surface area contributed by atoms with Crippen molar-refractivity contribution in [3.05, 3.63) is 58.7 Å². The Kier molecular flexibility index (Phi) is 4.18. The summed E-state index contributed by atoms with van der Waals surface area (Å²) in [6.45, 7) is 4.13. The SMILES string of the molecule is COc1cc2c(cc1O)CCN1C[C@@H](c3cccc(C)c3)[C@H](N)C[C@H]21. The van der Waals surface area contributed by atoms with Crippen molar-refractivity contribution >= 4 is 0 Å². The molecular weight excluding hydrogens is 312 g/mol. The van der Waals surface area contributed by atoms with Crippen LogP contribution >= 0.6 is 0 Å². The predicted octanol–water partition coefficient (Wildman–Crippen LogP) is 3.12. The molecule has 4 rings (SSSR count). The molecule has 0 aliphatic carbocycles. The van der Waals surface area contributed by atoms with Crippen LogP contribution in [0.25, 0.3) is 0 Å². The highest BCUT2D eigenvalue weighted by molar-refractivity contribution is 5.49. The highest BCUT2D eigenvalue weighted by Crippen LogP contribution is 2.43. The van der Waals surface area contributed by atoms with Gasteiger partial charge in [-0.05, 0) is 48.6 Å². The van der Waals surface area contributed by atoms with E-state index in [1.165, 1.54) is 22.3 Å². The van der Waals surface area contributed by atoms with Crippen LogP contribution in [0, 0.1) is 6.92 Å². The molecule has 0 spiro atoms. The van der Waals surface area contributed by atoms with E-state index in [-0.39, 0.29) is 11.8 Å². The number of phenolic OH excluding ortho intramolecular Hbond substituents is 1. The van der Waals surface area contributed by atoms with Gasteiger partial charge in [-0.1, -0.05) is 29.8 Å². The molecule has 0 saturated carbocycles. The smallest absolute Gasteiger partial charge is 0.160 e. The van der Waals surface area contributed by atoms with Gasteiger partial charge in [0.2, 0.25) is 0 Å². The monoisotopic (exact) mass is 338 g/mol. The van der Waals surface area contributed by atoms with Crippen LogP contribution in [0.1, 0.15) is 40.6 Å². The second-order valence-electron chi connectivity index (χ2n) is 7.40. The summed E-state index contributed by atoms with van der Waals surface area (Å²) in [6, 6.07) is 13.0. The number of fused-ring (bicyclic) bond motifs is 3. The largest absolute Gasteiger partial charge is 0.504 e. The number of nitrogens with zero attached hydrogens (tertiary/aromatic N) is 1. The number of phenols is 1. The van der Waals surface area contributed by atoms with Crippen LogP contribution in [-0.2, 0) is 6.42 Å². The molecule has 4 nitrogen and oxygen atoms in total. The second-order valence-corrected chi connectivity index (χ2v) is 7.40. The fourth-order valence-corrected chi connectivity index (χ4v) is 4.49. The normalized spacial score (nSPS) is 26.0. The first-order chi connectivity index (χ1) is 12.1. The molecule has 3 N–H and O–H groups in total. The van der Waals surface area contributed by atoms with Crippen molar-refractivity contribution in [3.63, 3.8) is 0 Å². The lowest BCUT2D eigenvalue weighted by atomic mass is 9.78. The average Bonchev–Trinajstić information content (AvgIpc) is 2.60. The number of hydrogen-bond donors (Lipinski definition) is 2. The molecule has 2 aliphatic heterocycles. The van der Waals surface area contributed by atoms with Crippen molar-refractivity contribution in [2.45, 2.75) is 37.8 Å². The first-order valence-electron chi connectivity index (χ1n) is 9.03. The van der Waals surface area contributed by atoms with Crippen LogP contribution in [0.15, 0.2) is 36.4 Å². The summed E-state index contributed by atoms with van der Waals surface area (Å²) in [7, 11) is 1.60. The van der Waals surface area contributed by atoms with E-state index in [1.807, 2.05) is 12.1 Å². The fraction of sp³-hybridized carbons (Fsp3) is 0.429. The zero-order valence-electron chi connectivity index (χ0n) is 14.9. The Bertz CT molecular complexity index is 789. The number of piperidine rings is 1. The van der Waals surface area contributed by atoms with Gasteiger partial charge >= 0.3 is 0 Å². The van der Waals surface area contributed by atoms with Crippen molar-refractivity contribution in [2.75, 3.05) is 20.2 Å². The number of hydrogen-bond acceptors (Lipinski definition) is 4. The summed E-state index contributed by atoms with van der Waals surface area (Å²) in [5.41, 5.74) is 11.7. The molecule has 132 valence electrons. The number of benzene rings is 2. The molecule has 4 heteroatoms. The third-order valence-corrected chi connectivity index (χ3v) is 5.82. The van der Waals surface area contributed by atoms with Crippen molar-refractivity contribution in [2.24, 2.45) is 5.73 Å². The third-order valence-electron chi connectivity index (χ3n) is 5.82. The standard InChI is InChI=1S/C21H26N2O2/c1-13-4-3-5-14(8-13)17-12-23-7-6-15-9-20(24)21(25-2)10-16(15)19(23)11-18(17)22/h3-5,8-10,17-19,24H,6-7,11-12,22H2,1-2H3/t17-,18+,19+/m0/s1. The van der Waals surface area contributed by atoms with Crippen LogP contribution in [-0.4, -0.2) is 36.2 Å². The van der Waals surface area contributed by atoms with Gasteiger partial charge in [0.15, 0.2) is 11.5 Å². The maximum absolute atomic E-state index is 10.1. The van der Waals surface area contributed by atoms with Gasteiger partial charge in [-0.25, -0.2) is 0 Å². The number of nitrogens with two attached hydrogens (primary N) is 1. The van der Waals surface area contributed by atoms with Crippen LogP contribution in [0.4, 0.5) is 0 Å². The summed E-state index contributed by atoms with van der Waals surface area (Å²) in [5.74, 6) is 1.15. The average molecular weight is 338 g/mol. The van der Waals surface area contributed by atoms with Gasteiger partial charge in [-0.3, -0.25) is 4.90 Å². The zero-order valence-corrected chi connectivity index (χ0v) is 14.9. The quantitative estimate of drug-likeness (QED) is 0.883. The van der Waals surface area contributed by atoms with E-state index in [4.69, 9.17) is 10.5 Å². The van der Waals surface area contributed by atoms with E-state index in [9.17, 15) is 5.11 Å². The van der Waals surface area contributed by atoms with E-state index in [2.05, 4.69) is 36.1 Å². The number of rotatable bonds is 2. The lowest BCUT2D eigenvalue weighted by Gasteiger charge is -2.46. The van der Waals surface area contributed by atoms with Crippen molar-refractivity contribution < 1.29 is 9.84 Å². The molecule has 0 aromatic heterocycles. The lowest BCUT2D eigenvalue weighted by Crippen LogP contribution is -2.49. The maximum Gasteiger partial charge on any atom is 0.160 e. The summed E-state index contributed by atoms with van der Waals surface area (Å²) in [5, 5.41) is 10.1. The molecule has 2 aromatic rings. The Morgan fingerprint density at radius 1 is 1.24 bits per heavy atom. The van der Waals surface area contributed by atoms with E-state index in [0.717, 1.165) is 25.9 Å². The van der Waals surface area contributed by atoms with Crippen molar-refractivity contribution in [1.82, 2.24) is 4.90 Å². The first-order valence-corrected chi connectivity index (χ1v) is 9.03. The second kappa shape index (κ2) is 6.36. The van der Waals surface area contributed by atoms with E-state index < -0.39 is 0 Å². The zero-order chi connectivity index (χ0) is 17.6. The fourth-order valence-electron chi connectivity index (χ4n) is 4.49. The van der Waals surface area contributed by atoms with Gasteiger partial charge < -0.3 is 15.6 Å². The summed E-state index contributed by atoms with van der Waals surface area (Å²) in [4.78, 5) is 2.55. The minimum atomic E-state index is 0.133. The molecule has 0 radical (unpaired) electrons. The molecule has 3 atom stereocenters. The number of methoxy groups -OCH3 is 1. The molecule has 0 bridgehead atoms. The lowest BCUT2D eigenvalue weighted by molar-refractivity contribution is 0.109. The third kappa shape index (κ3) is 2.90. The molecule has 0 amide bonds. The van der Waals surface area contributed by atoms with Gasteiger partial charge in [-0.15, -0.1) is 0 Å². The van der Waals surface area contributed by atoms with Crippen LogP contribution in [0.5, 0.6) is 11.5 Å². The molecule has 2 heterocycles. The van der Waals surface area contributed by atoms with E-state index in [1.54, 1.807) is 7.11 Å². The van der Waals surface area contributed by atoms with Gasteiger partial charge in [-0.2, -0.15) is 0 Å². The Balaban J connectivity index is 1.64. The number of aryl methyl sites for hydroxylation is 1. The Labute approximate surface area is 149 Å². The van der Waals surface area contributed by atoms with Gasteiger partial charge in [0.25, 0.3) is 0 Å². The highest BCUT2D eigenvalue weighted by atomic mass is 16.5. The number of aromatic hydroxyl groups is 1. The molecule has 25 heavy (non-hydrogen) atoms. The number of ether oxygens (including phenoxy) is 1. The minimum absolute atomic E-state index is 0.133. The Morgan fingerprint density at radius 3 is 2.84 bits per heavy atom. The maximum atomic E-state index is 10.1. The minimum Gasteiger partial charge on any atom is -0.504 e. The van der Waals surface area contributed by atoms with Gasteiger partial charge in [0.1, 0.15) is 0 Å². The topological polar surface area (TPSA) is 58.7 Å². The molecule has 1 fully saturated rings. The summed E-state index contributed by atoms with van der Waals surface area (Å²) >= 11 is 0.